The fourth-order valence-electron chi connectivity index (χ4n) is 0.745. The highest BCUT2D eigenvalue weighted by Gasteiger charge is 1.88. The molecule has 0 unspecified atom stereocenters. The number of ether oxygens (including phenoxy) is 1. The van der Waals surface area contributed by atoms with Crippen molar-refractivity contribution in [3.63, 3.8) is 0 Å². The van der Waals surface area contributed by atoms with Crippen LogP contribution >= 0.6 is 0 Å². The van der Waals surface area contributed by atoms with Gasteiger partial charge in [0, 0.05) is 0 Å². The second-order valence-corrected chi connectivity index (χ2v) is 1.94. The standard InChI is InChI=1S/C9H9O/c1-3-8-5-4-6-9(7-8)10-2/h1,3-7H,2H3. The molecule has 0 N–H and O–H groups in total. The van der Waals surface area contributed by atoms with E-state index in [1.54, 1.807) is 13.2 Å². The van der Waals surface area contributed by atoms with Gasteiger partial charge in [-0.3, -0.25) is 0 Å². The smallest absolute Gasteiger partial charge is 0.119 e. The molecule has 51 valence electrons. The predicted octanol–water partition coefficient (Wildman–Crippen LogP) is 2.14. The molecular weight excluding hydrogens is 124 g/mol. The Balaban J connectivity index is 2.98. The molecule has 1 aromatic rings. The lowest BCUT2D eigenvalue weighted by molar-refractivity contribution is 0.414. The minimum atomic E-state index is 0.833. The molecule has 1 radical (unpaired) electrons. The average molecular weight is 133 g/mol. The SMILES string of the molecule is [CH]=Cc1cccc(OC)c1. The molecule has 0 aromatic heterocycles. The molecule has 1 aromatic carbocycles. The molecule has 10 heavy (non-hydrogen) atoms. The Bertz CT molecular complexity index is 228. The Kier molecular flexibility index (Phi) is 2.11. The van der Waals surface area contributed by atoms with Crippen LogP contribution in [0.15, 0.2) is 24.3 Å². The summed E-state index contributed by atoms with van der Waals surface area (Å²) < 4.78 is 4.98. The van der Waals surface area contributed by atoms with E-state index in [9.17, 15) is 0 Å². The average Bonchev–Trinajstić information content (AvgIpc) is 2.05. The van der Waals surface area contributed by atoms with E-state index < -0.39 is 0 Å². The van der Waals surface area contributed by atoms with E-state index in [1.165, 1.54) is 0 Å². The van der Waals surface area contributed by atoms with Crippen LogP contribution < -0.4 is 4.74 Å². The van der Waals surface area contributed by atoms with Crippen LogP contribution in [0.5, 0.6) is 5.75 Å². The number of hydrogen-bond donors (Lipinski definition) is 0. The Morgan fingerprint density at radius 3 is 2.90 bits per heavy atom. The van der Waals surface area contributed by atoms with E-state index in [4.69, 9.17) is 11.3 Å². The number of benzene rings is 1. The Hall–Kier alpha value is -1.24. The molecule has 0 aliphatic rings. The van der Waals surface area contributed by atoms with Crippen molar-refractivity contribution in [3.8, 4) is 5.75 Å². The highest BCUT2D eigenvalue weighted by molar-refractivity contribution is 5.48. The van der Waals surface area contributed by atoms with Gasteiger partial charge in [-0.15, -0.1) is 0 Å². The molecular formula is C9H9O. The molecule has 0 saturated heterocycles. The van der Waals surface area contributed by atoms with Gasteiger partial charge >= 0.3 is 0 Å². The lowest BCUT2D eigenvalue weighted by Crippen LogP contribution is -1.81. The van der Waals surface area contributed by atoms with Gasteiger partial charge in [-0.2, -0.15) is 0 Å². The summed E-state index contributed by atoms with van der Waals surface area (Å²) in [6.07, 6.45) is 1.54. The predicted molar refractivity (Wildman–Crippen MR) is 41.8 cm³/mol. The molecule has 0 aliphatic heterocycles. The molecule has 0 fully saturated rings. The topological polar surface area (TPSA) is 9.23 Å². The van der Waals surface area contributed by atoms with Gasteiger partial charge in [-0.1, -0.05) is 24.8 Å². The zero-order valence-corrected chi connectivity index (χ0v) is 5.87. The zero-order valence-electron chi connectivity index (χ0n) is 5.87. The third-order valence-electron chi connectivity index (χ3n) is 1.29. The van der Waals surface area contributed by atoms with Crippen LogP contribution in [0.4, 0.5) is 0 Å². The van der Waals surface area contributed by atoms with Gasteiger partial charge in [0.2, 0.25) is 0 Å². The summed E-state index contributed by atoms with van der Waals surface area (Å²) >= 11 is 0. The molecule has 0 saturated carbocycles. The van der Waals surface area contributed by atoms with E-state index in [-0.39, 0.29) is 0 Å². The van der Waals surface area contributed by atoms with Gasteiger partial charge in [-0.25, -0.2) is 0 Å². The maximum absolute atomic E-state index is 5.29. The summed E-state index contributed by atoms with van der Waals surface area (Å²) in [6.45, 7) is 5.29. The van der Waals surface area contributed by atoms with Gasteiger partial charge in [0.15, 0.2) is 0 Å². The summed E-state index contributed by atoms with van der Waals surface area (Å²) in [5.74, 6) is 0.833. The molecule has 1 heteroatoms. The number of methoxy groups -OCH3 is 1. The first-order valence-corrected chi connectivity index (χ1v) is 3.06. The van der Waals surface area contributed by atoms with Crippen LogP contribution in [-0.4, -0.2) is 7.11 Å². The second kappa shape index (κ2) is 3.06. The van der Waals surface area contributed by atoms with Gasteiger partial charge in [0.25, 0.3) is 0 Å². The van der Waals surface area contributed by atoms with Gasteiger partial charge in [0.05, 0.1) is 7.11 Å². The van der Waals surface area contributed by atoms with Crippen molar-refractivity contribution in [3.05, 3.63) is 36.4 Å². The van der Waals surface area contributed by atoms with Crippen LogP contribution in [-0.2, 0) is 0 Å². The van der Waals surface area contributed by atoms with Gasteiger partial charge in [0.1, 0.15) is 5.75 Å². The van der Waals surface area contributed by atoms with Crippen LogP contribution in [0.1, 0.15) is 5.56 Å². The van der Waals surface area contributed by atoms with Gasteiger partial charge in [-0.05, 0) is 17.7 Å². The fourth-order valence-corrected chi connectivity index (χ4v) is 0.745. The van der Waals surface area contributed by atoms with Crippen molar-refractivity contribution in [2.45, 2.75) is 0 Å². The summed E-state index contributed by atoms with van der Waals surface area (Å²) in [5.41, 5.74) is 0.972. The van der Waals surface area contributed by atoms with Crippen molar-refractivity contribution in [1.82, 2.24) is 0 Å². The molecule has 0 atom stereocenters. The van der Waals surface area contributed by atoms with E-state index in [0.717, 1.165) is 11.3 Å². The molecule has 1 nitrogen and oxygen atoms in total. The van der Waals surface area contributed by atoms with Crippen LogP contribution in [0, 0.1) is 6.58 Å². The van der Waals surface area contributed by atoms with Crippen molar-refractivity contribution >= 4 is 6.08 Å². The molecule has 0 bridgehead atoms. The summed E-state index contributed by atoms with van der Waals surface area (Å²) in [5, 5.41) is 0. The highest BCUT2D eigenvalue weighted by Crippen LogP contribution is 2.12. The Morgan fingerprint density at radius 1 is 1.50 bits per heavy atom. The molecule has 0 amide bonds. The fraction of sp³-hybridized carbons (Fsp3) is 0.111. The largest absolute Gasteiger partial charge is 0.497 e. The molecule has 1 rings (SSSR count). The number of hydrogen-bond acceptors (Lipinski definition) is 1. The zero-order chi connectivity index (χ0) is 7.40. The first kappa shape index (κ1) is 6.87. The molecule has 0 spiro atoms. The number of rotatable bonds is 2. The first-order valence-electron chi connectivity index (χ1n) is 3.06. The minimum Gasteiger partial charge on any atom is -0.497 e. The molecule has 0 heterocycles. The third-order valence-corrected chi connectivity index (χ3v) is 1.29. The lowest BCUT2D eigenvalue weighted by Gasteiger charge is -1.98. The summed E-state index contributed by atoms with van der Waals surface area (Å²) in [4.78, 5) is 0. The van der Waals surface area contributed by atoms with Crippen LogP contribution in [0.25, 0.3) is 6.08 Å². The summed E-state index contributed by atoms with van der Waals surface area (Å²) in [6, 6.07) is 7.58. The Labute approximate surface area is 61.0 Å². The van der Waals surface area contributed by atoms with Crippen LogP contribution in [0.3, 0.4) is 0 Å². The third kappa shape index (κ3) is 1.38. The van der Waals surface area contributed by atoms with E-state index in [0.29, 0.717) is 0 Å². The normalized spacial score (nSPS) is 8.90. The second-order valence-electron chi connectivity index (χ2n) is 1.94. The lowest BCUT2D eigenvalue weighted by atomic mass is 10.2. The van der Waals surface area contributed by atoms with Crippen molar-refractivity contribution in [2.24, 2.45) is 0 Å². The monoisotopic (exact) mass is 133 g/mol. The Morgan fingerprint density at radius 2 is 2.30 bits per heavy atom. The first-order chi connectivity index (χ1) is 4.86. The van der Waals surface area contributed by atoms with Crippen molar-refractivity contribution < 1.29 is 4.74 Å². The van der Waals surface area contributed by atoms with Crippen LogP contribution in [0.2, 0.25) is 0 Å². The summed E-state index contributed by atoms with van der Waals surface area (Å²) in [7, 11) is 1.63. The maximum Gasteiger partial charge on any atom is 0.119 e. The van der Waals surface area contributed by atoms with E-state index >= 15 is 0 Å². The van der Waals surface area contributed by atoms with Crippen molar-refractivity contribution in [2.75, 3.05) is 7.11 Å². The van der Waals surface area contributed by atoms with Gasteiger partial charge < -0.3 is 4.74 Å². The quantitative estimate of drug-likeness (QED) is 0.600. The van der Waals surface area contributed by atoms with E-state index in [1.807, 2.05) is 24.3 Å². The highest BCUT2D eigenvalue weighted by atomic mass is 16.5. The molecule has 0 aliphatic carbocycles. The van der Waals surface area contributed by atoms with E-state index in [2.05, 4.69) is 0 Å². The van der Waals surface area contributed by atoms with Crippen molar-refractivity contribution in [1.29, 1.82) is 0 Å². The maximum atomic E-state index is 5.29. The minimum absolute atomic E-state index is 0.833.